The third kappa shape index (κ3) is 2.52. The molecule has 3 aromatic rings. The van der Waals surface area contributed by atoms with Crippen LogP contribution in [0.25, 0.3) is 16.7 Å². The summed E-state index contributed by atoms with van der Waals surface area (Å²) in [6, 6.07) is 9.67. The SMILES string of the molecule is COC(=O)c1ccc(-n2cnc3ccc(C(=O)N4CCC4)c(F)c32)cc1. The standard InChI is InChI=1S/C19H16FN3O3/c1-26-19(25)12-3-5-13(6-4-12)23-11-21-15-8-7-14(16(20)17(15)23)18(24)22-9-2-10-22/h3-8,11H,2,9-10H2,1H3. The maximum absolute atomic E-state index is 15.1. The summed E-state index contributed by atoms with van der Waals surface area (Å²) in [4.78, 5) is 29.8. The first-order valence-corrected chi connectivity index (χ1v) is 8.23. The molecule has 132 valence electrons. The van der Waals surface area contributed by atoms with Gasteiger partial charge in [-0.25, -0.2) is 14.2 Å². The second kappa shape index (κ2) is 6.25. The van der Waals surface area contributed by atoms with Crippen molar-refractivity contribution in [2.45, 2.75) is 6.42 Å². The summed E-state index contributed by atoms with van der Waals surface area (Å²) < 4.78 is 21.3. The van der Waals surface area contributed by atoms with Crippen molar-refractivity contribution in [2.24, 2.45) is 0 Å². The number of likely N-dealkylation sites (tertiary alicyclic amines) is 1. The molecular formula is C19H16FN3O3. The van der Waals surface area contributed by atoms with E-state index in [-0.39, 0.29) is 17.0 Å². The predicted octanol–water partition coefficient (Wildman–Crippen LogP) is 2.80. The number of halogens is 1. The van der Waals surface area contributed by atoms with Gasteiger partial charge in [0, 0.05) is 18.8 Å². The van der Waals surface area contributed by atoms with Gasteiger partial charge in [-0.3, -0.25) is 9.36 Å². The molecule has 1 aliphatic rings. The number of benzene rings is 2. The normalized spacial score (nSPS) is 13.5. The summed E-state index contributed by atoms with van der Waals surface area (Å²) >= 11 is 0. The van der Waals surface area contributed by atoms with Crippen molar-refractivity contribution in [1.29, 1.82) is 0 Å². The van der Waals surface area contributed by atoms with Crippen molar-refractivity contribution >= 4 is 22.9 Å². The van der Waals surface area contributed by atoms with Crippen LogP contribution in [0, 0.1) is 5.82 Å². The number of rotatable bonds is 3. The minimum atomic E-state index is -0.589. The molecule has 1 fully saturated rings. The molecule has 0 radical (unpaired) electrons. The van der Waals surface area contributed by atoms with E-state index in [0.717, 1.165) is 6.42 Å². The van der Waals surface area contributed by atoms with E-state index in [9.17, 15) is 9.59 Å². The van der Waals surface area contributed by atoms with E-state index < -0.39 is 11.8 Å². The van der Waals surface area contributed by atoms with E-state index in [1.165, 1.54) is 19.5 Å². The van der Waals surface area contributed by atoms with Crippen LogP contribution >= 0.6 is 0 Å². The summed E-state index contributed by atoms with van der Waals surface area (Å²) in [7, 11) is 1.31. The lowest BCUT2D eigenvalue weighted by atomic mass is 10.1. The van der Waals surface area contributed by atoms with Crippen molar-refractivity contribution in [3.8, 4) is 5.69 Å². The highest BCUT2D eigenvalue weighted by Gasteiger charge is 2.26. The fourth-order valence-corrected chi connectivity index (χ4v) is 2.99. The number of esters is 1. The molecule has 7 heteroatoms. The fourth-order valence-electron chi connectivity index (χ4n) is 2.99. The molecule has 2 heterocycles. The molecule has 0 N–H and O–H groups in total. The minimum Gasteiger partial charge on any atom is -0.465 e. The Morgan fingerprint density at radius 1 is 1.12 bits per heavy atom. The summed E-state index contributed by atoms with van der Waals surface area (Å²) in [6.07, 6.45) is 2.44. The minimum absolute atomic E-state index is 0.0464. The van der Waals surface area contributed by atoms with Gasteiger partial charge in [0.15, 0.2) is 5.82 Å². The molecule has 0 unspecified atom stereocenters. The highest BCUT2D eigenvalue weighted by molar-refractivity contribution is 5.98. The number of methoxy groups -OCH3 is 1. The third-order valence-electron chi connectivity index (χ3n) is 4.59. The lowest BCUT2D eigenvalue weighted by Gasteiger charge is -2.31. The number of carbonyl (C=O) groups is 2. The van der Waals surface area contributed by atoms with Crippen LogP contribution in [-0.2, 0) is 4.74 Å². The number of nitrogens with zero attached hydrogens (tertiary/aromatic N) is 3. The Hall–Kier alpha value is -3.22. The summed E-state index contributed by atoms with van der Waals surface area (Å²) in [6.45, 7) is 1.31. The van der Waals surface area contributed by atoms with Gasteiger partial charge >= 0.3 is 5.97 Å². The van der Waals surface area contributed by atoms with Crippen molar-refractivity contribution in [3.63, 3.8) is 0 Å². The van der Waals surface area contributed by atoms with Gasteiger partial charge in [-0.05, 0) is 42.8 Å². The maximum atomic E-state index is 15.1. The van der Waals surface area contributed by atoms with Crippen LogP contribution in [0.3, 0.4) is 0 Å². The second-order valence-corrected chi connectivity index (χ2v) is 6.09. The van der Waals surface area contributed by atoms with Gasteiger partial charge in [-0.15, -0.1) is 0 Å². The van der Waals surface area contributed by atoms with Gasteiger partial charge < -0.3 is 9.64 Å². The number of amides is 1. The number of imidazole rings is 1. The zero-order valence-electron chi connectivity index (χ0n) is 14.1. The van der Waals surface area contributed by atoms with Gasteiger partial charge in [-0.1, -0.05) is 0 Å². The largest absolute Gasteiger partial charge is 0.465 e. The zero-order valence-corrected chi connectivity index (χ0v) is 14.1. The van der Waals surface area contributed by atoms with Crippen LogP contribution in [0.15, 0.2) is 42.7 Å². The maximum Gasteiger partial charge on any atom is 0.337 e. The predicted molar refractivity (Wildman–Crippen MR) is 92.9 cm³/mol. The van der Waals surface area contributed by atoms with Crippen LogP contribution in [0.4, 0.5) is 4.39 Å². The summed E-state index contributed by atoms with van der Waals surface area (Å²) in [5.74, 6) is -1.33. The molecule has 0 saturated carbocycles. The number of ether oxygens (including phenoxy) is 1. The number of aromatic nitrogens is 2. The lowest BCUT2D eigenvalue weighted by Crippen LogP contribution is -2.42. The Labute approximate surface area is 148 Å². The molecule has 26 heavy (non-hydrogen) atoms. The quantitative estimate of drug-likeness (QED) is 0.679. The van der Waals surface area contributed by atoms with E-state index in [2.05, 4.69) is 9.72 Å². The van der Waals surface area contributed by atoms with E-state index in [1.807, 2.05) is 0 Å². The molecule has 1 saturated heterocycles. The molecule has 4 rings (SSSR count). The number of fused-ring (bicyclic) bond motifs is 1. The second-order valence-electron chi connectivity index (χ2n) is 6.09. The number of hydrogen-bond acceptors (Lipinski definition) is 4. The number of hydrogen-bond donors (Lipinski definition) is 0. The molecular weight excluding hydrogens is 337 g/mol. The first-order chi connectivity index (χ1) is 12.6. The third-order valence-corrected chi connectivity index (χ3v) is 4.59. The van der Waals surface area contributed by atoms with Crippen LogP contribution in [0.5, 0.6) is 0 Å². The Morgan fingerprint density at radius 3 is 2.46 bits per heavy atom. The molecule has 1 aromatic heterocycles. The molecule has 2 aromatic carbocycles. The number of carbonyl (C=O) groups excluding carboxylic acids is 2. The van der Waals surface area contributed by atoms with E-state index in [0.29, 0.717) is 29.9 Å². The van der Waals surface area contributed by atoms with Gasteiger partial charge in [-0.2, -0.15) is 0 Å². The first kappa shape index (κ1) is 16.3. The van der Waals surface area contributed by atoms with Gasteiger partial charge in [0.05, 0.1) is 23.8 Å². The Bertz CT molecular complexity index is 1010. The zero-order chi connectivity index (χ0) is 18.3. The molecule has 0 atom stereocenters. The monoisotopic (exact) mass is 353 g/mol. The van der Waals surface area contributed by atoms with E-state index in [4.69, 9.17) is 0 Å². The average molecular weight is 353 g/mol. The van der Waals surface area contributed by atoms with Crippen LogP contribution in [0.2, 0.25) is 0 Å². The smallest absolute Gasteiger partial charge is 0.337 e. The fraction of sp³-hybridized carbons (Fsp3) is 0.211. The van der Waals surface area contributed by atoms with Crippen molar-refractivity contribution < 1.29 is 18.7 Å². The average Bonchev–Trinajstić information content (AvgIpc) is 3.05. The van der Waals surface area contributed by atoms with Gasteiger partial charge in [0.2, 0.25) is 0 Å². The molecule has 6 nitrogen and oxygen atoms in total. The molecule has 0 aliphatic carbocycles. The Balaban J connectivity index is 1.78. The summed E-state index contributed by atoms with van der Waals surface area (Å²) in [5.41, 5.74) is 1.77. The highest BCUT2D eigenvalue weighted by Crippen LogP contribution is 2.25. The summed E-state index contributed by atoms with van der Waals surface area (Å²) in [5, 5.41) is 0. The topological polar surface area (TPSA) is 64.4 Å². The Kier molecular flexibility index (Phi) is 3.91. The van der Waals surface area contributed by atoms with Crippen LogP contribution in [-0.4, -0.2) is 46.5 Å². The van der Waals surface area contributed by atoms with Gasteiger partial charge in [0.1, 0.15) is 11.8 Å². The van der Waals surface area contributed by atoms with Crippen LogP contribution < -0.4 is 0 Å². The van der Waals surface area contributed by atoms with E-state index in [1.54, 1.807) is 39.8 Å². The molecule has 1 amide bonds. The van der Waals surface area contributed by atoms with E-state index >= 15 is 4.39 Å². The molecule has 0 bridgehead atoms. The highest BCUT2D eigenvalue weighted by atomic mass is 19.1. The van der Waals surface area contributed by atoms with Crippen molar-refractivity contribution in [2.75, 3.05) is 20.2 Å². The lowest BCUT2D eigenvalue weighted by molar-refractivity contribution is 0.0599. The first-order valence-electron chi connectivity index (χ1n) is 8.23. The molecule has 0 spiro atoms. The van der Waals surface area contributed by atoms with Crippen LogP contribution in [0.1, 0.15) is 27.1 Å². The van der Waals surface area contributed by atoms with Gasteiger partial charge in [0.25, 0.3) is 5.91 Å². The van der Waals surface area contributed by atoms with Crippen molar-refractivity contribution in [3.05, 3.63) is 59.7 Å². The molecule has 1 aliphatic heterocycles. The van der Waals surface area contributed by atoms with Crippen molar-refractivity contribution in [1.82, 2.24) is 14.5 Å². The Morgan fingerprint density at radius 2 is 1.85 bits per heavy atom.